The van der Waals surface area contributed by atoms with E-state index in [1.54, 1.807) is 19.6 Å². The van der Waals surface area contributed by atoms with Crippen molar-refractivity contribution in [2.45, 2.75) is 19.6 Å². The van der Waals surface area contributed by atoms with Crippen LogP contribution in [0.4, 0.5) is 0 Å². The van der Waals surface area contributed by atoms with Crippen LogP contribution in [0.5, 0.6) is 11.5 Å². The average Bonchev–Trinajstić information content (AvgIpc) is 2.81. The summed E-state index contributed by atoms with van der Waals surface area (Å²) >= 11 is 0. The molecule has 0 amide bonds. The van der Waals surface area contributed by atoms with Crippen molar-refractivity contribution < 1.29 is 9.47 Å². The van der Waals surface area contributed by atoms with Crippen molar-refractivity contribution in [3.8, 4) is 11.5 Å². The lowest BCUT2D eigenvalue weighted by Gasteiger charge is -2.15. The summed E-state index contributed by atoms with van der Waals surface area (Å²) in [5.74, 6) is 1.50. The van der Waals surface area contributed by atoms with Gasteiger partial charge in [-0.05, 0) is 13.0 Å². The SMILES string of the molecule is COc1ccc([C@@H](C)N)c(OCc2cncn2C)c1. The minimum absolute atomic E-state index is 0.0903. The number of nitrogens with two attached hydrogens (primary N) is 1. The molecule has 0 saturated heterocycles. The topological polar surface area (TPSA) is 62.3 Å². The molecule has 1 aromatic carbocycles. The fourth-order valence-electron chi connectivity index (χ4n) is 1.82. The molecule has 0 radical (unpaired) electrons. The van der Waals surface area contributed by atoms with E-state index in [2.05, 4.69) is 4.98 Å². The molecule has 2 rings (SSSR count). The van der Waals surface area contributed by atoms with Crippen molar-refractivity contribution in [3.05, 3.63) is 42.0 Å². The Hall–Kier alpha value is -2.01. The standard InChI is InChI=1S/C14H19N3O2/c1-10(15)13-5-4-12(18-3)6-14(13)19-8-11-7-16-9-17(11)2/h4-7,9-10H,8,15H2,1-3H3/t10-/m1/s1. The Bertz CT molecular complexity index is 549. The van der Waals surface area contributed by atoms with Crippen molar-refractivity contribution in [3.63, 3.8) is 0 Å². The molecule has 1 aromatic heterocycles. The van der Waals surface area contributed by atoms with Crippen LogP contribution in [0.25, 0.3) is 0 Å². The molecular weight excluding hydrogens is 242 g/mol. The third kappa shape index (κ3) is 3.06. The van der Waals surface area contributed by atoms with Crippen LogP contribution in [0, 0.1) is 0 Å². The van der Waals surface area contributed by atoms with Gasteiger partial charge in [0.1, 0.15) is 18.1 Å². The molecule has 2 N–H and O–H groups in total. The normalized spacial score (nSPS) is 12.2. The number of imidazole rings is 1. The van der Waals surface area contributed by atoms with Crippen molar-refractivity contribution in [2.24, 2.45) is 12.8 Å². The Morgan fingerprint density at radius 2 is 2.21 bits per heavy atom. The first-order valence-electron chi connectivity index (χ1n) is 6.13. The van der Waals surface area contributed by atoms with Crippen LogP contribution in [0.15, 0.2) is 30.7 Å². The molecule has 1 heterocycles. The van der Waals surface area contributed by atoms with Crippen LogP contribution in [0.3, 0.4) is 0 Å². The summed E-state index contributed by atoms with van der Waals surface area (Å²) in [7, 11) is 3.56. The second kappa shape index (κ2) is 5.75. The molecule has 0 aliphatic rings. The van der Waals surface area contributed by atoms with Gasteiger partial charge in [-0.1, -0.05) is 6.07 Å². The molecule has 5 heteroatoms. The summed E-state index contributed by atoms with van der Waals surface area (Å²) in [4.78, 5) is 4.06. The first-order chi connectivity index (χ1) is 9.11. The van der Waals surface area contributed by atoms with Gasteiger partial charge in [0, 0.05) is 24.7 Å². The molecule has 0 bridgehead atoms. The summed E-state index contributed by atoms with van der Waals surface area (Å²) in [5.41, 5.74) is 7.91. The predicted octanol–water partition coefficient (Wildman–Crippen LogP) is 2.03. The summed E-state index contributed by atoms with van der Waals surface area (Å²) in [6, 6.07) is 5.58. The lowest BCUT2D eigenvalue weighted by Crippen LogP contribution is -2.09. The van der Waals surface area contributed by atoms with Crippen LogP contribution >= 0.6 is 0 Å². The van der Waals surface area contributed by atoms with Crippen molar-refractivity contribution in [1.82, 2.24) is 9.55 Å². The van der Waals surface area contributed by atoms with Gasteiger partial charge < -0.3 is 19.8 Å². The van der Waals surface area contributed by atoms with Gasteiger partial charge in [-0.25, -0.2) is 4.98 Å². The van der Waals surface area contributed by atoms with E-state index in [1.165, 1.54) is 0 Å². The maximum Gasteiger partial charge on any atom is 0.130 e. The smallest absolute Gasteiger partial charge is 0.130 e. The molecular formula is C14H19N3O2. The number of rotatable bonds is 5. The maximum absolute atomic E-state index is 5.95. The van der Waals surface area contributed by atoms with Gasteiger partial charge in [0.15, 0.2) is 0 Å². The van der Waals surface area contributed by atoms with Gasteiger partial charge in [0.25, 0.3) is 0 Å². The number of hydrogen-bond donors (Lipinski definition) is 1. The first kappa shape index (κ1) is 13.4. The van der Waals surface area contributed by atoms with Crippen molar-refractivity contribution in [2.75, 3.05) is 7.11 Å². The molecule has 0 fully saturated rings. The summed E-state index contributed by atoms with van der Waals surface area (Å²) in [6.07, 6.45) is 3.53. The number of methoxy groups -OCH3 is 1. The van der Waals surface area contributed by atoms with Crippen molar-refractivity contribution >= 4 is 0 Å². The largest absolute Gasteiger partial charge is 0.497 e. The van der Waals surface area contributed by atoms with Crippen LogP contribution in [-0.2, 0) is 13.7 Å². The van der Waals surface area contributed by atoms with E-state index in [9.17, 15) is 0 Å². The molecule has 1 atom stereocenters. The maximum atomic E-state index is 5.95. The quantitative estimate of drug-likeness (QED) is 0.894. The molecule has 2 aromatic rings. The molecule has 0 spiro atoms. The highest BCUT2D eigenvalue weighted by atomic mass is 16.5. The zero-order valence-corrected chi connectivity index (χ0v) is 11.5. The number of hydrogen-bond acceptors (Lipinski definition) is 4. The van der Waals surface area contributed by atoms with Gasteiger partial charge in [0.05, 0.1) is 25.3 Å². The molecule has 102 valence electrons. The molecule has 0 unspecified atom stereocenters. The highest BCUT2D eigenvalue weighted by Crippen LogP contribution is 2.29. The highest BCUT2D eigenvalue weighted by Gasteiger charge is 2.10. The Morgan fingerprint density at radius 3 is 2.79 bits per heavy atom. The second-order valence-corrected chi connectivity index (χ2v) is 4.48. The number of aromatic nitrogens is 2. The lowest BCUT2D eigenvalue weighted by atomic mass is 10.1. The summed E-state index contributed by atoms with van der Waals surface area (Å²) < 4.78 is 13.0. The Balaban J connectivity index is 2.20. The Morgan fingerprint density at radius 1 is 1.42 bits per heavy atom. The third-order valence-electron chi connectivity index (χ3n) is 3.00. The van der Waals surface area contributed by atoms with Gasteiger partial charge in [-0.15, -0.1) is 0 Å². The van der Waals surface area contributed by atoms with Gasteiger partial charge in [-0.2, -0.15) is 0 Å². The van der Waals surface area contributed by atoms with E-state index >= 15 is 0 Å². The van der Waals surface area contributed by atoms with Gasteiger partial charge >= 0.3 is 0 Å². The van der Waals surface area contributed by atoms with E-state index in [0.29, 0.717) is 6.61 Å². The lowest BCUT2D eigenvalue weighted by molar-refractivity contribution is 0.290. The van der Waals surface area contributed by atoms with Crippen LogP contribution in [0.1, 0.15) is 24.2 Å². The first-order valence-corrected chi connectivity index (χ1v) is 6.13. The summed E-state index contributed by atoms with van der Waals surface area (Å²) in [5, 5.41) is 0. The monoisotopic (exact) mass is 261 g/mol. The fourth-order valence-corrected chi connectivity index (χ4v) is 1.82. The number of ether oxygens (including phenoxy) is 2. The number of nitrogens with zero attached hydrogens (tertiary/aromatic N) is 2. The molecule has 0 aliphatic heterocycles. The minimum Gasteiger partial charge on any atom is -0.497 e. The van der Waals surface area contributed by atoms with Crippen LogP contribution < -0.4 is 15.2 Å². The van der Waals surface area contributed by atoms with E-state index in [0.717, 1.165) is 22.8 Å². The van der Waals surface area contributed by atoms with Crippen LogP contribution in [0.2, 0.25) is 0 Å². The zero-order chi connectivity index (χ0) is 13.8. The van der Waals surface area contributed by atoms with Crippen LogP contribution in [-0.4, -0.2) is 16.7 Å². The van der Waals surface area contributed by atoms with Gasteiger partial charge in [-0.3, -0.25) is 0 Å². The molecule has 0 saturated carbocycles. The predicted molar refractivity (Wildman–Crippen MR) is 73.1 cm³/mol. The highest BCUT2D eigenvalue weighted by molar-refractivity contribution is 5.42. The van der Waals surface area contributed by atoms with Crippen molar-refractivity contribution in [1.29, 1.82) is 0 Å². The Kier molecular flexibility index (Phi) is 4.06. The van der Waals surface area contributed by atoms with E-state index < -0.39 is 0 Å². The average molecular weight is 261 g/mol. The van der Waals surface area contributed by atoms with E-state index in [4.69, 9.17) is 15.2 Å². The third-order valence-corrected chi connectivity index (χ3v) is 3.00. The van der Waals surface area contributed by atoms with Gasteiger partial charge in [0.2, 0.25) is 0 Å². The minimum atomic E-state index is -0.0903. The van der Waals surface area contributed by atoms with E-state index in [1.807, 2.05) is 36.7 Å². The molecule has 5 nitrogen and oxygen atoms in total. The number of aryl methyl sites for hydroxylation is 1. The zero-order valence-electron chi connectivity index (χ0n) is 11.5. The van der Waals surface area contributed by atoms with E-state index in [-0.39, 0.29) is 6.04 Å². The fraction of sp³-hybridized carbons (Fsp3) is 0.357. The second-order valence-electron chi connectivity index (χ2n) is 4.48. The number of benzene rings is 1. The molecule has 19 heavy (non-hydrogen) atoms. The summed E-state index contributed by atoms with van der Waals surface area (Å²) in [6.45, 7) is 2.38. The Labute approximate surface area is 113 Å². The molecule has 0 aliphatic carbocycles.